The van der Waals surface area contributed by atoms with Crippen LogP contribution in [0, 0.1) is 40.5 Å². The van der Waals surface area contributed by atoms with Gasteiger partial charge in [0.25, 0.3) is 22.7 Å². The third kappa shape index (κ3) is 28.8. The van der Waals surface area contributed by atoms with Gasteiger partial charge in [-0.25, -0.2) is 0 Å². The van der Waals surface area contributed by atoms with E-state index >= 15 is 0 Å². The van der Waals surface area contributed by atoms with E-state index in [-0.39, 0.29) is 84.0 Å². The molecule has 0 fully saturated rings. The van der Waals surface area contributed by atoms with Crippen LogP contribution in [-0.4, -0.2) is 89.8 Å². The molecule has 6 N–H and O–H groups in total. The number of non-ortho nitro benzene ring substituents is 4. The van der Waals surface area contributed by atoms with Gasteiger partial charge in [0.05, 0.1) is 43.6 Å². The van der Waals surface area contributed by atoms with Crippen LogP contribution < -0.4 is 31.9 Å². The van der Waals surface area contributed by atoms with Crippen LogP contribution in [0.5, 0.6) is 0 Å². The van der Waals surface area contributed by atoms with Gasteiger partial charge < -0.3 is 61.3 Å². The number of carbonyl (C=O) groups is 6. The van der Waals surface area contributed by atoms with Crippen molar-refractivity contribution in [3.05, 3.63) is 220 Å². The molecule has 368 valence electrons. The van der Waals surface area contributed by atoms with Crippen molar-refractivity contribution < 1.29 is 118 Å². The Hall–Kier alpha value is -9.23. The number of hydrogen-bond donors (Lipinski definition) is 4. The molecule has 0 aliphatic heterocycles. The number of hydrogen-bond acceptors (Lipinski definition) is 22. The Balaban J connectivity index is -0.000000379. The van der Waals surface area contributed by atoms with Gasteiger partial charge in [0.1, 0.15) is 0 Å². The Labute approximate surface area is 430 Å². The Morgan fingerprint density at radius 2 is 0.556 bits per heavy atom. The Morgan fingerprint density at radius 3 is 0.681 bits per heavy atom. The summed E-state index contributed by atoms with van der Waals surface area (Å²) in [4.78, 5) is 107. The molecule has 0 aliphatic rings. The molecule has 28 nitrogen and oxygen atoms in total. The van der Waals surface area contributed by atoms with Gasteiger partial charge >= 0.3 is 39.0 Å². The average Bonchev–Trinajstić information content (AvgIpc) is 3.36. The van der Waals surface area contributed by atoms with Gasteiger partial charge in [0.2, 0.25) is 11.8 Å². The number of amides is 2. The van der Waals surface area contributed by atoms with E-state index < -0.39 is 55.4 Å². The summed E-state index contributed by atoms with van der Waals surface area (Å²) in [6.45, 7) is 0. The number of aromatic nitrogens is 2. The number of nitro groups is 4. The number of carboxylic acids is 4. The molecule has 0 bridgehead atoms. The van der Waals surface area contributed by atoms with E-state index in [0.717, 1.165) is 38.5 Å². The number of nitrogens with zero attached hydrogens (tertiary/aromatic N) is 6. The molecule has 0 unspecified atom stereocenters. The maximum Gasteiger partial charge on any atom is 2.00 e. The number of nitrogens with two attached hydrogens (primary N) is 2. The first-order valence-corrected chi connectivity index (χ1v) is 18.2. The molecule has 0 radical (unpaired) electrons. The van der Waals surface area contributed by atoms with Crippen molar-refractivity contribution in [3.8, 4) is 0 Å². The monoisotopic (exact) mass is 1100 g/mol. The maximum absolute atomic E-state index is 10.4. The molecular formula is C42H36N8O20Zn2. The van der Waals surface area contributed by atoms with E-state index in [1.165, 1.54) is 97.6 Å². The first-order valence-electron chi connectivity index (χ1n) is 18.2. The van der Waals surface area contributed by atoms with Gasteiger partial charge in [0.15, 0.2) is 0 Å². The topological polar surface area (TPSA) is 485 Å². The SMILES string of the molecule is CO.CO.NC(=O)c1ccncc1.NC(=O)c1ccncc1.O=C([O-])c1cccc([N+](=O)[O-])c1.O=C([O-])c1cccc([N+](=O)[O-])c1.O=C([O-])c1cccc([N+](=O)[O-])c1.O=C([O-])c1cccc([N+](=O)[O-])c1.[Zn+2].[Zn+2]. The van der Waals surface area contributed by atoms with Crippen LogP contribution in [0.25, 0.3) is 0 Å². The quantitative estimate of drug-likeness (QED) is 0.0756. The second kappa shape index (κ2) is 38.7. The van der Waals surface area contributed by atoms with E-state index in [0.29, 0.717) is 11.1 Å². The number of nitro benzene ring substituents is 4. The first kappa shape index (κ1) is 69.3. The predicted octanol–water partition coefficient (Wildman–Crippen LogP) is -0.594. The molecule has 0 aliphatic carbocycles. The fourth-order valence-corrected chi connectivity index (χ4v) is 4.02. The summed E-state index contributed by atoms with van der Waals surface area (Å²) in [6, 6.07) is 25.1. The number of rotatable bonds is 10. The largest absolute Gasteiger partial charge is 2.00 e. The van der Waals surface area contributed by atoms with Crippen molar-refractivity contribution in [2.24, 2.45) is 11.5 Å². The minimum absolute atomic E-state index is 0. The summed E-state index contributed by atoms with van der Waals surface area (Å²) in [7, 11) is 2.00. The summed E-state index contributed by atoms with van der Waals surface area (Å²) >= 11 is 0. The van der Waals surface area contributed by atoms with Crippen LogP contribution in [-0.2, 0) is 39.0 Å². The van der Waals surface area contributed by atoms with Crippen molar-refractivity contribution in [2.45, 2.75) is 0 Å². The van der Waals surface area contributed by atoms with Gasteiger partial charge in [-0.2, -0.15) is 0 Å². The van der Waals surface area contributed by atoms with Crippen LogP contribution in [0.15, 0.2) is 146 Å². The second-order valence-electron chi connectivity index (χ2n) is 11.6. The van der Waals surface area contributed by atoms with Gasteiger partial charge in [-0.05, 0) is 24.3 Å². The molecule has 0 saturated carbocycles. The van der Waals surface area contributed by atoms with Crippen molar-refractivity contribution >= 4 is 58.4 Å². The molecule has 2 amide bonds. The maximum atomic E-state index is 10.4. The Bertz CT molecular complexity index is 2280. The Kier molecular flexibility index (Phi) is 37.3. The van der Waals surface area contributed by atoms with Crippen molar-refractivity contribution in [1.82, 2.24) is 9.97 Å². The number of aliphatic hydroxyl groups is 2. The molecule has 6 rings (SSSR count). The van der Waals surface area contributed by atoms with Crippen LogP contribution in [0.3, 0.4) is 0 Å². The van der Waals surface area contributed by atoms with Crippen LogP contribution in [0.2, 0.25) is 0 Å². The smallest absolute Gasteiger partial charge is 0.545 e. The van der Waals surface area contributed by atoms with Gasteiger partial charge in [-0.3, -0.25) is 60.0 Å². The third-order valence-electron chi connectivity index (χ3n) is 7.10. The molecule has 72 heavy (non-hydrogen) atoms. The summed E-state index contributed by atoms with van der Waals surface area (Å²) in [5.74, 6) is -6.51. The van der Waals surface area contributed by atoms with Crippen molar-refractivity contribution in [3.63, 3.8) is 0 Å². The van der Waals surface area contributed by atoms with E-state index in [9.17, 15) is 89.7 Å². The summed E-state index contributed by atoms with van der Waals surface area (Å²) in [5.41, 5.74) is 9.10. The number of aliphatic hydroxyl groups excluding tert-OH is 2. The molecule has 0 saturated heterocycles. The number of benzene rings is 4. The summed E-state index contributed by atoms with van der Waals surface area (Å²) < 4.78 is 0. The number of aromatic carboxylic acids is 4. The minimum atomic E-state index is -1.42. The summed E-state index contributed by atoms with van der Waals surface area (Å²) in [5, 5.41) is 95.6. The molecule has 2 heterocycles. The number of carbonyl (C=O) groups excluding carboxylic acids is 6. The molecular weight excluding hydrogens is 1070 g/mol. The van der Waals surface area contributed by atoms with Crippen LogP contribution >= 0.6 is 0 Å². The molecule has 6 aromatic rings. The second-order valence-corrected chi connectivity index (χ2v) is 11.6. The molecule has 0 spiro atoms. The zero-order valence-corrected chi connectivity index (χ0v) is 43.3. The van der Waals surface area contributed by atoms with Crippen LogP contribution in [0.1, 0.15) is 62.1 Å². The van der Waals surface area contributed by atoms with Crippen molar-refractivity contribution in [1.29, 1.82) is 0 Å². The number of pyridine rings is 2. The first-order chi connectivity index (χ1) is 33.0. The van der Waals surface area contributed by atoms with Gasteiger partial charge in [0, 0.05) is 121 Å². The van der Waals surface area contributed by atoms with E-state index in [1.807, 2.05) is 0 Å². The molecule has 2 aromatic heterocycles. The minimum Gasteiger partial charge on any atom is -0.545 e. The normalized spacial score (nSPS) is 8.61. The molecule has 0 atom stereocenters. The zero-order valence-electron chi connectivity index (χ0n) is 37.4. The predicted molar refractivity (Wildman–Crippen MR) is 232 cm³/mol. The summed E-state index contributed by atoms with van der Waals surface area (Å²) in [6.07, 6.45) is 6.11. The van der Waals surface area contributed by atoms with Gasteiger partial charge in [-0.15, -0.1) is 0 Å². The standard InChI is InChI=1S/4C7H5NO4.2C6H6N2O.2CH4O.2Zn/c4*9-7(10)5-2-1-3-6(4-5)8(11)12;2*7-6(9)5-1-3-8-4-2-5;2*1-2;;/h4*1-4H,(H,9,10);2*1-4H,(H2,7,9);2*2H,1H3;;/q;;;;;;;;2*+2/p-4. The molecule has 4 aromatic carbocycles. The van der Waals surface area contributed by atoms with E-state index in [2.05, 4.69) is 9.97 Å². The molecule has 30 heteroatoms. The number of carboxylic acid groups (broad SMARTS) is 4. The van der Waals surface area contributed by atoms with Crippen LogP contribution in [0.4, 0.5) is 22.7 Å². The third-order valence-corrected chi connectivity index (χ3v) is 7.10. The fourth-order valence-electron chi connectivity index (χ4n) is 4.02. The average molecular weight is 1100 g/mol. The van der Waals surface area contributed by atoms with Gasteiger partial charge in [-0.1, -0.05) is 48.5 Å². The van der Waals surface area contributed by atoms with E-state index in [4.69, 9.17) is 21.7 Å². The van der Waals surface area contributed by atoms with Crippen molar-refractivity contribution in [2.75, 3.05) is 14.2 Å². The fraction of sp³-hybridized carbons (Fsp3) is 0.0476. The van der Waals surface area contributed by atoms with E-state index in [1.54, 1.807) is 24.3 Å². The zero-order chi connectivity index (χ0) is 53.9. The number of primary amides is 2. The Morgan fingerprint density at radius 1 is 0.375 bits per heavy atom.